The summed E-state index contributed by atoms with van der Waals surface area (Å²) in [6.45, 7) is 4.11. The second-order valence-electron chi connectivity index (χ2n) is 6.29. The normalized spacial score (nSPS) is 11.3. The SMILES string of the molecule is COC(=O)c1ccc(-c2c(C(N)=O)c(CC(C)C)nc3[nH]cc(Br)c23)s1. The molecule has 0 aliphatic heterocycles. The number of rotatable bonds is 5. The fourth-order valence-electron chi connectivity index (χ4n) is 2.90. The Morgan fingerprint density at radius 3 is 2.73 bits per heavy atom. The van der Waals surface area contributed by atoms with Gasteiger partial charge in [-0.15, -0.1) is 11.3 Å². The highest BCUT2D eigenvalue weighted by Crippen LogP contribution is 2.40. The van der Waals surface area contributed by atoms with Crippen molar-refractivity contribution >= 4 is 50.2 Å². The molecule has 1 amide bonds. The Morgan fingerprint density at radius 1 is 1.38 bits per heavy atom. The van der Waals surface area contributed by atoms with E-state index in [-0.39, 0.29) is 0 Å². The van der Waals surface area contributed by atoms with Gasteiger partial charge in [-0.3, -0.25) is 4.79 Å². The molecule has 0 aromatic carbocycles. The smallest absolute Gasteiger partial charge is 0.348 e. The van der Waals surface area contributed by atoms with Crippen LogP contribution in [-0.4, -0.2) is 29.0 Å². The number of methoxy groups -OCH3 is 1. The zero-order valence-corrected chi connectivity index (χ0v) is 17.0. The maximum absolute atomic E-state index is 12.3. The van der Waals surface area contributed by atoms with Crippen LogP contribution in [0.4, 0.5) is 0 Å². The van der Waals surface area contributed by atoms with Gasteiger partial charge in [0.2, 0.25) is 0 Å². The van der Waals surface area contributed by atoms with Crippen molar-refractivity contribution in [3.8, 4) is 10.4 Å². The molecule has 0 aliphatic carbocycles. The lowest BCUT2D eigenvalue weighted by Crippen LogP contribution is -2.18. The molecule has 0 unspecified atom stereocenters. The van der Waals surface area contributed by atoms with Crippen LogP contribution in [0.2, 0.25) is 0 Å². The number of carbonyl (C=O) groups is 2. The first kappa shape index (κ1) is 18.6. The number of hydrogen-bond acceptors (Lipinski definition) is 5. The summed E-state index contributed by atoms with van der Waals surface area (Å²) in [5.74, 6) is -0.646. The van der Waals surface area contributed by atoms with Crippen LogP contribution < -0.4 is 5.73 Å². The third-order valence-corrected chi connectivity index (χ3v) is 5.64. The van der Waals surface area contributed by atoms with Crippen LogP contribution in [0.5, 0.6) is 0 Å². The number of halogens is 1. The summed E-state index contributed by atoms with van der Waals surface area (Å²) in [6, 6.07) is 3.49. The first-order chi connectivity index (χ1) is 12.3. The Morgan fingerprint density at radius 2 is 2.12 bits per heavy atom. The van der Waals surface area contributed by atoms with E-state index >= 15 is 0 Å². The van der Waals surface area contributed by atoms with E-state index in [1.54, 1.807) is 18.3 Å². The van der Waals surface area contributed by atoms with Gasteiger partial charge in [0.1, 0.15) is 10.5 Å². The fraction of sp³-hybridized carbons (Fsp3) is 0.278. The third-order valence-electron chi connectivity index (χ3n) is 3.93. The highest BCUT2D eigenvalue weighted by molar-refractivity contribution is 9.10. The molecule has 0 fully saturated rings. The number of nitrogens with two attached hydrogens (primary N) is 1. The van der Waals surface area contributed by atoms with Gasteiger partial charge in [0.05, 0.1) is 18.4 Å². The van der Waals surface area contributed by atoms with E-state index < -0.39 is 11.9 Å². The van der Waals surface area contributed by atoms with Crippen molar-refractivity contribution < 1.29 is 14.3 Å². The van der Waals surface area contributed by atoms with E-state index in [0.717, 1.165) is 14.7 Å². The summed E-state index contributed by atoms with van der Waals surface area (Å²) in [4.78, 5) is 33.1. The van der Waals surface area contributed by atoms with Crippen LogP contribution in [-0.2, 0) is 11.2 Å². The van der Waals surface area contributed by atoms with E-state index in [1.165, 1.54) is 18.4 Å². The number of H-pyrrole nitrogens is 1. The predicted molar refractivity (Wildman–Crippen MR) is 106 cm³/mol. The lowest BCUT2D eigenvalue weighted by atomic mass is 9.96. The second-order valence-corrected chi connectivity index (χ2v) is 8.22. The molecule has 0 atom stereocenters. The lowest BCUT2D eigenvalue weighted by Gasteiger charge is -2.14. The molecule has 6 nitrogen and oxygen atoms in total. The minimum Gasteiger partial charge on any atom is -0.465 e. The topological polar surface area (TPSA) is 98.1 Å². The molecule has 0 radical (unpaired) electrons. The summed E-state index contributed by atoms with van der Waals surface area (Å²) in [7, 11) is 1.34. The van der Waals surface area contributed by atoms with E-state index in [9.17, 15) is 9.59 Å². The number of amides is 1. The molecule has 0 bridgehead atoms. The lowest BCUT2D eigenvalue weighted by molar-refractivity contribution is 0.0606. The maximum Gasteiger partial charge on any atom is 0.348 e. The van der Waals surface area contributed by atoms with E-state index in [2.05, 4.69) is 39.7 Å². The van der Waals surface area contributed by atoms with Gasteiger partial charge >= 0.3 is 5.97 Å². The number of aromatic nitrogens is 2. The number of carbonyl (C=O) groups excluding carboxylic acids is 2. The van der Waals surface area contributed by atoms with Crippen LogP contribution in [0.25, 0.3) is 21.5 Å². The number of pyridine rings is 1. The molecular weight excluding hydrogens is 418 g/mol. The number of nitrogens with zero attached hydrogens (tertiary/aromatic N) is 1. The minimum atomic E-state index is -0.536. The zero-order valence-electron chi connectivity index (χ0n) is 14.6. The van der Waals surface area contributed by atoms with Gasteiger partial charge in [0.25, 0.3) is 5.91 Å². The summed E-state index contributed by atoms with van der Waals surface area (Å²) in [5, 5.41) is 0.768. The number of ether oxygens (including phenoxy) is 1. The monoisotopic (exact) mass is 435 g/mol. The highest BCUT2D eigenvalue weighted by atomic mass is 79.9. The van der Waals surface area contributed by atoms with Crippen LogP contribution in [0.3, 0.4) is 0 Å². The van der Waals surface area contributed by atoms with Gasteiger partial charge in [0.15, 0.2) is 0 Å². The van der Waals surface area contributed by atoms with Crippen LogP contribution >= 0.6 is 27.3 Å². The molecule has 0 aliphatic rings. The Balaban J connectivity index is 2.35. The molecule has 3 aromatic rings. The molecule has 3 rings (SSSR count). The van der Waals surface area contributed by atoms with Gasteiger partial charge in [-0.2, -0.15) is 0 Å². The molecule has 3 heterocycles. The fourth-order valence-corrected chi connectivity index (χ4v) is 4.39. The van der Waals surface area contributed by atoms with Gasteiger partial charge in [-0.05, 0) is 40.4 Å². The number of nitrogens with one attached hydrogen (secondary N) is 1. The van der Waals surface area contributed by atoms with Crippen molar-refractivity contribution in [3.63, 3.8) is 0 Å². The quantitative estimate of drug-likeness (QED) is 0.588. The van der Waals surface area contributed by atoms with Gasteiger partial charge in [0, 0.05) is 26.5 Å². The number of fused-ring (bicyclic) bond motifs is 1. The number of thiophene rings is 1. The van der Waals surface area contributed by atoms with Crippen molar-refractivity contribution in [2.45, 2.75) is 20.3 Å². The van der Waals surface area contributed by atoms with Crippen LogP contribution in [0.1, 0.15) is 39.6 Å². The van der Waals surface area contributed by atoms with Crippen LogP contribution in [0, 0.1) is 5.92 Å². The average molecular weight is 436 g/mol. The molecule has 0 spiro atoms. The number of hydrogen-bond donors (Lipinski definition) is 2. The molecule has 0 saturated heterocycles. The number of primary amides is 1. The molecular formula is C18H18BrN3O3S. The summed E-state index contributed by atoms with van der Waals surface area (Å²) >= 11 is 4.77. The van der Waals surface area contributed by atoms with Crippen molar-refractivity contribution in [2.24, 2.45) is 11.7 Å². The average Bonchev–Trinajstić information content (AvgIpc) is 3.19. The molecule has 3 aromatic heterocycles. The van der Waals surface area contributed by atoms with Gasteiger partial charge in [-0.1, -0.05) is 13.8 Å². The highest BCUT2D eigenvalue weighted by Gasteiger charge is 2.25. The van der Waals surface area contributed by atoms with Gasteiger partial charge in [-0.25, -0.2) is 9.78 Å². The first-order valence-corrected chi connectivity index (χ1v) is 9.62. The number of aromatic amines is 1. The number of esters is 1. The van der Waals surface area contributed by atoms with E-state index in [0.29, 0.717) is 39.7 Å². The molecule has 3 N–H and O–H groups in total. The maximum atomic E-state index is 12.3. The van der Waals surface area contributed by atoms with E-state index in [1.807, 2.05) is 0 Å². The first-order valence-electron chi connectivity index (χ1n) is 8.01. The van der Waals surface area contributed by atoms with E-state index in [4.69, 9.17) is 10.5 Å². The Kier molecular flexibility index (Phi) is 5.15. The second kappa shape index (κ2) is 7.20. The molecule has 136 valence electrons. The third kappa shape index (κ3) is 3.26. The van der Waals surface area contributed by atoms with Crippen molar-refractivity contribution in [1.29, 1.82) is 0 Å². The summed E-state index contributed by atoms with van der Waals surface area (Å²) in [6.07, 6.45) is 2.40. The summed E-state index contributed by atoms with van der Waals surface area (Å²) < 4.78 is 5.57. The Hall–Kier alpha value is -2.19. The zero-order chi connectivity index (χ0) is 19.0. The van der Waals surface area contributed by atoms with Crippen LogP contribution in [0.15, 0.2) is 22.8 Å². The van der Waals surface area contributed by atoms with Gasteiger partial charge < -0.3 is 15.5 Å². The predicted octanol–water partition coefficient (Wildman–Crippen LogP) is 4.14. The molecule has 26 heavy (non-hydrogen) atoms. The minimum absolute atomic E-state index is 0.304. The largest absolute Gasteiger partial charge is 0.465 e. The summed E-state index contributed by atoms with van der Waals surface area (Å²) in [5.41, 5.74) is 8.14. The Labute approximate surface area is 162 Å². The van der Waals surface area contributed by atoms with Crippen molar-refractivity contribution in [1.82, 2.24) is 9.97 Å². The molecule has 8 heteroatoms. The standard InChI is InChI=1S/C18H18BrN3O3S/c1-8(2)6-10-14(16(20)23)15(13-9(19)7-21-17(13)22-10)11-4-5-12(26-11)18(24)25-3/h4-5,7-8H,6H2,1-3H3,(H2,20,23)(H,21,22). The Bertz CT molecular complexity index is 1010. The molecule has 0 saturated carbocycles. The van der Waals surface area contributed by atoms with Crippen molar-refractivity contribution in [2.75, 3.05) is 7.11 Å². The van der Waals surface area contributed by atoms with Crippen molar-refractivity contribution in [3.05, 3.63) is 38.9 Å².